The number of hydrogen-bond acceptors (Lipinski definition) is 11. The molecule has 5 rings (SSSR count). The van der Waals surface area contributed by atoms with Gasteiger partial charge in [0.25, 0.3) is 5.91 Å². The van der Waals surface area contributed by atoms with Gasteiger partial charge in [0.2, 0.25) is 5.91 Å². The van der Waals surface area contributed by atoms with Crippen molar-refractivity contribution >= 4 is 52.0 Å². The van der Waals surface area contributed by atoms with Crippen molar-refractivity contribution in [2.75, 3.05) is 19.4 Å². The van der Waals surface area contributed by atoms with Crippen LogP contribution >= 0.6 is 11.3 Å². The molecule has 6 atom stereocenters. The smallest absolute Gasteiger partial charge is 0.284 e. The van der Waals surface area contributed by atoms with Gasteiger partial charge in [-0.1, -0.05) is 0 Å². The minimum Gasteiger partial charge on any atom is -0.505 e. The van der Waals surface area contributed by atoms with E-state index in [1.165, 1.54) is 30.6 Å². The maximum atomic E-state index is 15.3. The van der Waals surface area contributed by atoms with Gasteiger partial charge in [0, 0.05) is 29.1 Å². The van der Waals surface area contributed by atoms with Gasteiger partial charge in [-0.2, -0.15) is 0 Å². The SMILES string of the molecule is CN(C)[C@@H]1C(=O)C(C(N)=O)C(=O)[C@@]2(O)C(=O)C3C(=O)c4c(O)c(NC(=O)c5nccs5)cc(F)c4C[C@H]3C[C@@H]12. The highest BCUT2D eigenvalue weighted by Crippen LogP contribution is 2.51. The van der Waals surface area contributed by atoms with Crippen LogP contribution in [0.2, 0.25) is 0 Å². The molecule has 204 valence electrons. The van der Waals surface area contributed by atoms with E-state index in [0.29, 0.717) is 0 Å². The first-order valence-electron chi connectivity index (χ1n) is 11.9. The van der Waals surface area contributed by atoms with E-state index in [1.807, 2.05) is 0 Å². The molecule has 0 spiro atoms. The van der Waals surface area contributed by atoms with Gasteiger partial charge in [-0.25, -0.2) is 9.37 Å². The van der Waals surface area contributed by atoms with Crippen LogP contribution in [0.3, 0.4) is 0 Å². The molecule has 3 aliphatic rings. The molecule has 2 unspecified atom stereocenters. The number of aromatic hydroxyl groups is 1. The number of anilines is 1. The molecule has 2 amide bonds. The van der Waals surface area contributed by atoms with Crippen LogP contribution in [-0.2, 0) is 25.6 Å². The van der Waals surface area contributed by atoms with Gasteiger partial charge in [0.1, 0.15) is 11.6 Å². The number of hydrogen-bond donors (Lipinski definition) is 4. The summed E-state index contributed by atoms with van der Waals surface area (Å²) in [5.74, 6) is -14.4. The zero-order valence-corrected chi connectivity index (χ0v) is 21.5. The highest BCUT2D eigenvalue weighted by atomic mass is 32.1. The van der Waals surface area contributed by atoms with E-state index in [4.69, 9.17) is 5.73 Å². The Kier molecular flexibility index (Phi) is 6.24. The van der Waals surface area contributed by atoms with E-state index < -0.39 is 93.1 Å². The minimum absolute atomic E-state index is 0.0134. The number of halogens is 1. The third-order valence-electron chi connectivity index (χ3n) is 7.88. The molecule has 0 aliphatic heterocycles. The Bertz CT molecular complexity index is 1470. The molecule has 0 radical (unpaired) electrons. The number of aliphatic hydroxyl groups is 1. The van der Waals surface area contributed by atoms with Gasteiger partial charge < -0.3 is 21.3 Å². The fraction of sp³-hybridized carbons (Fsp3) is 0.400. The third kappa shape index (κ3) is 3.73. The van der Waals surface area contributed by atoms with Crippen LogP contribution in [-0.4, -0.2) is 80.8 Å². The number of Topliss-reactive ketones (excluding diaryl/α,β-unsaturated/α-hetero) is 4. The van der Waals surface area contributed by atoms with E-state index in [0.717, 1.165) is 17.4 Å². The number of ketones is 4. The fourth-order valence-corrected chi connectivity index (χ4v) is 6.76. The van der Waals surface area contributed by atoms with E-state index in [1.54, 1.807) is 0 Å². The summed E-state index contributed by atoms with van der Waals surface area (Å²) in [5, 5.41) is 26.3. The van der Waals surface area contributed by atoms with Crippen molar-refractivity contribution in [3.63, 3.8) is 0 Å². The number of nitrogens with zero attached hydrogens (tertiary/aromatic N) is 2. The number of primary amides is 1. The number of aromatic nitrogens is 1. The first-order chi connectivity index (χ1) is 18.3. The Morgan fingerprint density at radius 1 is 1.23 bits per heavy atom. The van der Waals surface area contributed by atoms with E-state index in [2.05, 4.69) is 10.3 Å². The average Bonchev–Trinajstić information content (AvgIpc) is 3.39. The van der Waals surface area contributed by atoms with Crippen LogP contribution in [0.5, 0.6) is 5.75 Å². The molecule has 12 nitrogen and oxygen atoms in total. The summed E-state index contributed by atoms with van der Waals surface area (Å²) in [6.07, 6.45) is 0.936. The Morgan fingerprint density at radius 3 is 2.51 bits per heavy atom. The predicted molar refractivity (Wildman–Crippen MR) is 131 cm³/mol. The summed E-state index contributed by atoms with van der Waals surface area (Å²) >= 11 is 0.989. The molecule has 5 N–H and O–H groups in total. The lowest BCUT2D eigenvalue weighted by molar-refractivity contribution is -0.181. The summed E-state index contributed by atoms with van der Waals surface area (Å²) in [4.78, 5) is 83.4. The molecule has 14 heteroatoms. The molecule has 1 aromatic heterocycles. The topological polar surface area (TPSA) is 197 Å². The number of rotatable bonds is 4. The number of phenolic OH excluding ortho intramolecular Hbond substituents is 1. The monoisotopic (exact) mass is 558 g/mol. The van der Waals surface area contributed by atoms with Gasteiger partial charge in [-0.15, -0.1) is 11.3 Å². The number of carbonyl (C=O) groups is 6. The second-order valence-electron chi connectivity index (χ2n) is 10.2. The molecule has 2 fully saturated rings. The van der Waals surface area contributed by atoms with E-state index >= 15 is 4.39 Å². The van der Waals surface area contributed by atoms with Crippen LogP contribution in [0.15, 0.2) is 17.6 Å². The maximum Gasteiger partial charge on any atom is 0.284 e. The molecule has 1 heterocycles. The van der Waals surface area contributed by atoms with Crippen molar-refractivity contribution in [2.45, 2.75) is 24.5 Å². The van der Waals surface area contributed by atoms with Crippen molar-refractivity contribution in [3.05, 3.63) is 39.6 Å². The number of fused-ring (bicyclic) bond motifs is 3. The molecular formula is C25H23FN4O8S. The number of phenols is 1. The number of benzene rings is 1. The molecule has 2 saturated carbocycles. The van der Waals surface area contributed by atoms with Crippen LogP contribution < -0.4 is 11.1 Å². The summed E-state index contributed by atoms with van der Waals surface area (Å²) in [7, 11) is 2.93. The number of thiazole rings is 1. The largest absolute Gasteiger partial charge is 0.505 e. The average molecular weight is 559 g/mol. The first kappa shape index (κ1) is 26.7. The van der Waals surface area contributed by atoms with Crippen LogP contribution in [0.25, 0.3) is 0 Å². The molecule has 39 heavy (non-hydrogen) atoms. The summed E-state index contributed by atoms with van der Waals surface area (Å²) in [5.41, 5.74) is 1.21. The zero-order chi connectivity index (χ0) is 28.5. The molecule has 0 bridgehead atoms. The number of amides is 2. The van der Waals surface area contributed by atoms with Crippen LogP contribution in [0.4, 0.5) is 10.1 Å². The number of likely N-dealkylation sites (N-methyl/N-ethyl adjacent to an activating group) is 1. The molecular weight excluding hydrogens is 535 g/mol. The minimum atomic E-state index is -2.89. The van der Waals surface area contributed by atoms with Crippen LogP contribution in [0.1, 0.15) is 32.1 Å². The molecule has 1 aromatic carbocycles. The van der Waals surface area contributed by atoms with Crippen molar-refractivity contribution < 1.29 is 43.4 Å². The molecule has 0 saturated heterocycles. The van der Waals surface area contributed by atoms with Crippen LogP contribution in [0, 0.1) is 29.5 Å². The van der Waals surface area contributed by atoms with Crippen molar-refractivity contribution in [1.82, 2.24) is 9.88 Å². The quantitative estimate of drug-likeness (QED) is 0.286. The molecule has 2 aromatic rings. The Labute approximate surface area is 224 Å². The number of carbonyl (C=O) groups excluding carboxylic acids is 6. The lowest BCUT2D eigenvalue weighted by Crippen LogP contribution is -2.74. The highest BCUT2D eigenvalue weighted by molar-refractivity contribution is 7.11. The van der Waals surface area contributed by atoms with Gasteiger partial charge in [0.15, 0.2) is 39.7 Å². The Balaban J connectivity index is 1.59. The van der Waals surface area contributed by atoms with Gasteiger partial charge in [0.05, 0.1) is 23.2 Å². The number of nitrogens with two attached hydrogens (primary N) is 1. The second-order valence-corrected chi connectivity index (χ2v) is 11.1. The zero-order valence-electron chi connectivity index (χ0n) is 20.6. The van der Waals surface area contributed by atoms with E-state index in [-0.39, 0.29) is 23.4 Å². The number of nitrogens with one attached hydrogen (secondary N) is 1. The standard InChI is InChI=1S/C25H23FN4O8S/c1-30(2)16-10-6-8-5-9-11(26)7-12(29-23(37)24-28-3-4-39-24)17(31)14(9)18(32)13(8)20(34)25(10,38)21(35)15(19(16)33)22(27)36/h3-4,7-8,10,13,15-16,31,38H,5-6H2,1-2H3,(H2,27,36)(H,29,37)/t8-,10-,13?,15?,16-,25-/m0/s1. The highest BCUT2D eigenvalue weighted by Gasteiger charge is 2.69. The van der Waals surface area contributed by atoms with Crippen molar-refractivity contribution in [1.29, 1.82) is 0 Å². The van der Waals surface area contributed by atoms with Gasteiger partial charge in [-0.3, -0.25) is 33.7 Å². The van der Waals surface area contributed by atoms with Crippen molar-refractivity contribution in [3.8, 4) is 5.75 Å². The Morgan fingerprint density at radius 2 is 1.92 bits per heavy atom. The second kappa shape index (κ2) is 9.10. The van der Waals surface area contributed by atoms with Gasteiger partial charge >= 0.3 is 0 Å². The lowest BCUT2D eigenvalue weighted by Gasteiger charge is -2.52. The molecule has 3 aliphatic carbocycles. The van der Waals surface area contributed by atoms with Crippen molar-refractivity contribution in [2.24, 2.45) is 29.4 Å². The summed E-state index contributed by atoms with van der Waals surface area (Å²) < 4.78 is 15.3. The fourth-order valence-electron chi connectivity index (χ4n) is 6.23. The summed E-state index contributed by atoms with van der Waals surface area (Å²) in [6.45, 7) is 0. The third-order valence-corrected chi connectivity index (χ3v) is 8.65. The van der Waals surface area contributed by atoms with Gasteiger partial charge in [-0.05, 0) is 32.9 Å². The first-order valence-corrected chi connectivity index (χ1v) is 12.8. The van der Waals surface area contributed by atoms with E-state index in [9.17, 15) is 39.0 Å². The predicted octanol–water partition coefficient (Wildman–Crippen LogP) is -0.285. The Hall–Kier alpha value is -3.88. The lowest BCUT2D eigenvalue weighted by atomic mass is 9.52. The summed E-state index contributed by atoms with van der Waals surface area (Å²) in [6, 6.07) is -0.407. The maximum absolute atomic E-state index is 15.3. The normalized spacial score (nSPS) is 30.0.